The predicted molar refractivity (Wildman–Crippen MR) is 91.2 cm³/mol. The lowest BCUT2D eigenvalue weighted by Gasteiger charge is -2.29. The van der Waals surface area contributed by atoms with Crippen LogP contribution in [0, 0.1) is 11.7 Å². The van der Waals surface area contributed by atoms with Crippen molar-refractivity contribution in [3.8, 4) is 0 Å². The number of hydrogen-bond donors (Lipinski definition) is 0. The summed E-state index contributed by atoms with van der Waals surface area (Å²) in [6.07, 6.45) is 2.51. The molecule has 1 aromatic carbocycles. The third kappa shape index (κ3) is 3.40. The summed E-state index contributed by atoms with van der Waals surface area (Å²) in [5.74, 6) is -1.69. The summed E-state index contributed by atoms with van der Waals surface area (Å²) in [5, 5.41) is 0. The number of carbonyl (C=O) groups excluding carboxylic acids is 2. The zero-order valence-corrected chi connectivity index (χ0v) is 15.4. The van der Waals surface area contributed by atoms with Crippen molar-refractivity contribution < 1.29 is 27.1 Å². The number of carbonyl (C=O) groups is 2. The van der Waals surface area contributed by atoms with Crippen molar-refractivity contribution in [1.29, 1.82) is 0 Å². The Kier molecular flexibility index (Phi) is 5.43. The van der Waals surface area contributed by atoms with Crippen LogP contribution in [0.1, 0.15) is 39.0 Å². The molecule has 0 amide bonds. The third-order valence-electron chi connectivity index (χ3n) is 5.11. The number of esters is 1. The first-order valence-corrected chi connectivity index (χ1v) is 10.3. The highest BCUT2D eigenvalue weighted by Crippen LogP contribution is 2.41. The van der Waals surface area contributed by atoms with E-state index in [0.29, 0.717) is 12.8 Å². The average molecular weight is 383 g/mol. The van der Waals surface area contributed by atoms with E-state index in [1.807, 2.05) is 0 Å². The fourth-order valence-electron chi connectivity index (χ4n) is 3.94. The van der Waals surface area contributed by atoms with E-state index in [1.54, 1.807) is 6.92 Å². The zero-order chi connectivity index (χ0) is 18.9. The Hall–Kier alpha value is -1.80. The van der Waals surface area contributed by atoms with Crippen LogP contribution >= 0.6 is 0 Å². The fourth-order valence-corrected chi connectivity index (χ4v) is 5.77. The first-order valence-electron chi connectivity index (χ1n) is 8.84. The minimum Gasteiger partial charge on any atom is -0.465 e. The molecule has 1 saturated heterocycles. The predicted octanol–water partition coefficient (Wildman–Crippen LogP) is 2.28. The molecule has 8 heteroatoms. The highest BCUT2D eigenvalue weighted by molar-refractivity contribution is 7.89. The van der Waals surface area contributed by atoms with Crippen LogP contribution in [-0.4, -0.2) is 43.2 Å². The summed E-state index contributed by atoms with van der Waals surface area (Å²) in [5.41, 5.74) is 0. The minimum absolute atomic E-state index is 0.00129. The second-order valence-electron chi connectivity index (χ2n) is 6.68. The summed E-state index contributed by atoms with van der Waals surface area (Å²) in [6.45, 7) is 1.78. The Balaban J connectivity index is 2.04. The van der Waals surface area contributed by atoms with Gasteiger partial charge in [0, 0.05) is 18.4 Å². The van der Waals surface area contributed by atoms with Crippen molar-refractivity contribution in [2.45, 2.75) is 56.0 Å². The van der Waals surface area contributed by atoms with Crippen molar-refractivity contribution in [1.82, 2.24) is 4.31 Å². The molecule has 2 fully saturated rings. The lowest BCUT2D eigenvalue weighted by Crippen LogP contribution is -2.46. The number of ether oxygens (including phenoxy) is 1. The fraction of sp³-hybridized carbons (Fsp3) is 0.556. The van der Waals surface area contributed by atoms with Crippen molar-refractivity contribution in [3.63, 3.8) is 0 Å². The Labute approximate surface area is 152 Å². The Morgan fingerprint density at radius 3 is 2.62 bits per heavy atom. The van der Waals surface area contributed by atoms with Gasteiger partial charge < -0.3 is 4.74 Å². The molecule has 0 radical (unpaired) electrons. The standard InChI is InChI=1S/C18H22FNO5S/c1-2-25-18(22)16-11-14-15(5-3-4-6-17(14)21)20(16)26(23,24)13-9-7-12(19)8-10-13/h7-10,14-16H,2-6,11H2,1H3/t14-,15-,16-/m0/s1. The van der Waals surface area contributed by atoms with Gasteiger partial charge in [-0.15, -0.1) is 0 Å². The molecule has 0 unspecified atom stereocenters. The second kappa shape index (κ2) is 7.44. The van der Waals surface area contributed by atoms with Gasteiger partial charge in [0.15, 0.2) is 0 Å². The molecule has 26 heavy (non-hydrogen) atoms. The molecule has 0 N–H and O–H groups in total. The topological polar surface area (TPSA) is 80.8 Å². The van der Waals surface area contributed by atoms with Crippen LogP contribution in [0.5, 0.6) is 0 Å². The van der Waals surface area contributed by atoms with Gasteiger partial charge in [-0.2, -0.15) is 4.31 Å². The first kappa shape index (κ1) is 19.0. The normalized spacial score (nSPS) is 27.0. The maximum atomic E-state index is 13.2. The molecule has 1 aliphatic carbocycles. The molecule has 3 atom stereocenters. The number of hydrogen-bond acceptors (Lipinski definition) is 5. The van der Waals surface area contributed by atoms with Crippen molar-refractivity contribution in [2.24, 2.45) is 5.92 Å². The summed E-state index contributed by atoms with van der Waals surface area (Å²) < 4.78 is 45.9. The van der Waals surface area contributed by atoms with E-state index in [2.05, 4.69) is 0 Å². The molecule has 3 rings (SSSR count). The molecule has 0 aromatic heterocycles. The van der Waals surface area contributed by atoms with Crippen molar-refractivity contribution in [2.75, 3.05) is 6.61 Å². The molecule has 142 valence electrons. The second-order valence-corrected chi connectivity index (χ2v) is 8.52. The summed E-state index contributed by atoms with van der Waals surface area (Å²) in [6, 6.07) is 2.91. The SMILES string of the molecule is CCOC(=O)[C@@H]1C[C@@H]2C(=O)CCCC[C@@H]2N1S(=O)(=O)c1ccc(F)cc1. The van der Waals surface area contributed by atoms with Gasteiger partial charge in [-0.25, -0.2) is 12.8 Å². The number of rotatable bonds is 4. The molecule has 6 nitrogen and oxygen atoms in total. The van der Waals surface area contributed by atoms with Gasteiger partial charge in [0.2, 0.25) is 10.0 Å². The molecular formula is C18H22FNO5S. The monoisotopic (exact) mass is 383 g/mol. The van der Waals surface area contributed by atoms with Crippen LogP contribution < -0.4 is 0 Å². The number of halogens is 1. The number of ketones is 1. The highest BCUT2D eigenvalue weighted by Gasteiger charge is 2.53. The Bertz CT molecular complexity index is 792. The van der Waals surface area contributed by atoms with Gasteiger partial charge in [-0.1, -0.05) is 6.42 Å². The van der Waals surface area contributed by atoms with Crippen LogP contribution in [0.2, 0.25) is 0 Å². The number of sulfonamides is 1. The van der Waals surface area contributed by atoms with E-state index < -0.39 is 39.8 Å². The van der Waals surface area contributed by atoms with Crippen LogP contribution in [0.4, 0.5) is 4.39 Å². The summed E-state index contributed by atoms with van der Waals surface area (Å²) in [7, 11) is -4.06. The molecule has 1 aliphatic heterocycles. The average Bonchev–Trinajstić information content (AvgIpc) is 2.91. The minimum atomic E-state index is -4.06. The molecular weight excluding hydrogens is 361 g/mol. The molecule has 1 heterocycles. The van der Waals surface area contributed by atoms with Crippen LogP contribution in [0.3, 0.4) is 0 Å². The highest BCUT2D eigenvalue weighted by atomic mass is 32.2. The lowest BCUT2D eigenvalue weighted by atomic mass is 9.93. The van der Waals surface area contributed by atoms with Gasteiger partial charge in [0.25, 0.3) is 0 Å². The van der Waals surface area contributed by atoms with E-state index in [0.717, 1.165) is 29.3 Å². The first-order chi connectivity index (χ1) is 12.4. The van der Waals surface area contributed by atoms with Crippen LogP contribution in [0.25, 0.3) is 0 Å². The lowest BCUT2D eigenvalue weighted by molar-refractivity contribution is -0.147. The maximum Gasteiger partial charge on any atom is 0.324 e. The van der Waals surface area contributed by atoms with Crippen LogP contribution in [-0.2, 0) is 24.3 Å². The van der Waals surface area contributed by atoms with Crippen LogP contribution in [0.15, 0.2) is 29.2 Å². The number of Topliss-reactive ketones (excluding diaryl/α,β-unsaturated/α-hetero) is 1. The van der Waals surface area contributed by atoms with Gasteiger partial charge >= 0.3 is 5.97 Å². The smallest absolute Gasteiger partial charge is 0.324 e. The molecule has 2 aliphatic rings. The van der Waals surface area contributed by atoms with E-state index >= 15 is 0 Å². The molecule has 1 saturated carbocycles. The van der Waals surface area contributed by atoms with Gasteiger partial charge in [0.1, 0.15) is 17.6 Å². The van der Waals surface area contributed by atoms with Crippen molar-refractivity contribution >= 4 is 21.8 Å². The quantitative estimate of drug-likeness (QED) is 0.745. The summed E-state index contributed by atoms with van der Waals surface area (Å²) >= 11 is 0. The van der Waals surface area contributed by atoms with E-state index in [-0.39, 0.29) is 23.7 Å². The number of fused-ring (bicyclic) bond motifs is 1. The molecule has 0 bridgehead atoms. The maximum absolute atomic E-state index is 13.2. The zero-order valence-electron chi connectivity index (χ0n) is 14.6. The van der Waals surface area contributed by atoms with E-state index in [4.69, 9.17) is 4.74 Å². The summed E-state index contributed by atoms with van der Waals surface area (Å²) in [4.78, 5) is 24.8. The van der Waals surface area contributed by atoms with Gasteiger partial charge in [-0.3, -0.25) is 9.59 Å². The molecule has 0 spiro atoms. The Morgan fingerprint density at radius 2 is 1.96 bits per heavy atom. The van der Waals surface area contributed by atoms with E-state index in [9.17, 15) is 22.4 Å². The van der Waals surface area contributed by atoms with Gasteiger partial charge in [-0.05, 0) is 50.5 Å². The number of nitrogens with zero attached hydrogens (tertiary/aromatic N) is 1. The van der Waals surface area contributed by atoms with Gasteiger partial charge in [0.05, 0.1) is 11.5 Å². The largest absolute Gasteiger partial charge is 0.465 e. The van der Waals surface area contributed by atoms with E-state index in [1.165, 1.54) is 12.1 Å². The van der Waals surface area contributed by atoms with Crippen molar-refractivity contribution in [3.05, 3.63) is 30.1 Å². The Morgan fingerprint density at radius 1 is 1.27 bits per heavy atom. The number of benzene rings is 1. The third-order valence-corrected chi connectivity index (χ3v) is 7.06. The molecule has 1 aromatic rings.